The van der Waals surface area contributed by atoms with E-state index in [2.05, 4.69) is 15.3 Å². The molecule has 0 saturated heterocycles. The van der Waals surface area contributed by atoms with Gasteiger partial charge >= 0.3 is 0 Å². The van der Waals surface area contributed by atoms with Gasteiger partial charge in [-0.25, -0.2) is 19.3 Å². The van der Waals surface area contributed by atoms with Gasteiger partial charge in [-0.05, 0) is 43.7 Å². The first kappa shape index (κ1) is 18.8. The molecule has 0 aliphatic rings. The van der Waals surface area contributed by atoms with Gasteiger partial charge in [0.2, 0.25) is 0 Å². The van der Waals surface area contributed by atoms with Gasteiger partial charge in [-0.2, -0.15) is 0 Å². The highest BCUT2D eigenvalue weighted by atomic mass is 19.1. The Kier molecular flexibility index (Phi) is 6.01. The zero-order valence-corrected chi connectivity index (χ0v) is 15.9. The van der Waals surface area contributed by atoms with Crippen molar-refractivity contribution in [3.8, 4) is 5.75 Å². The number of halogens is 1. The molecule has 6 nitrogen and oxygen atoms in total. The summed E-state index contributed by atoms with van der Waals surface area (Å²) in [6, 6.07) is 8.42. The summed E-state index contributed by atoms with van der Waals surface area (Å²) >= 11 is 0. The highest BCUT2D eigenvalue weighted by molar-refractivity contribution is 5.86. The van der Waals surface area contributed by atoms with E-state index in [1.807, 2.05) is 37.9 Å². The summed E-state index contributed by atoms with van der Waals surface area (Å²) in [7, 11) is 1.92. The molecule has 0 spiro atoms. The Hall–Kier alpha value is -2.96. The van der Waals surface area contributed by atoms with Crippen LogP contribution in [-0.4, -0.2) is 35.2 Å². The Morgan fingerprint density at radius 3 is 2.78 bits per heavy atom. The van der Waals surface area contributed by atoms with Crippen LogP contribution in [0.5, 0.6) is 5.75 Å². The lowest BCUT2D eigenvalue weighted by atomic mass is 10.2. The maximum atomic E-state index is 13.8. The summed E-state index contributed by atoms with van der Waals surface area (Å²) in [5.41, 5.74) is 2.27. The summed E-state index contributed by atoms with van der Waals surface area (Å²) < 4.78 is 19.5. The fraction of sp³-hybridized carbons (Fsp3) is 0.350. The lowest BCUT2D eigenvalue weighted by molar-refractivity contribution is 0.313. The smallest absolute Gasteiger partial charge is 0.156 e. The molecule has 0 aliphatic heterocycles. The number of rotatable bonds is 8. The molecule has 0 amide bonds. The first-order valence-electron chi connectivity index (χ1n) is 9.10. The number of benzene rings is 1. The standard InChI is InChI=1S/C20H24FN5O/c1-4-10-27-17-8-6-15(21)11-14(17)12-26(3)18-9-7-16-19(25-18)20(22-5-2)24-13-23-16/h6-9,11,13H,4-5,10,12H2,1-3H3,(H,22,23,24). The van der Waals surface area contributed by atoms with Crippen molar-refractivity contribution in [3.05, 3.63) is 48.0 Å². The molecule has 0 unspecified atom stereocenters. The van der Waals surface area contributed by atoms with Gasteiger partial charge in [-0.1, -0.05) is 6.92 Å². The van der Waals surface area contributed by atoms with Gasteiger partial charge in [0.05, 0.1) is 12.1 Å². The molecule has 0 aliphatic carbocycles. The van der Waals surface area contributed by atoms with Gasteiger partial charge in [-0.3, -0.25) is 0 Å². The van der Waals surface area contributed by atoms with E-state index in [0.717, 1.165) is 29.9 Å². The van der Waals surface area contributed by atoms with Crippen LogP contribution in [0.25, 0.3) is 11.0 Å². The number of ether oxygens (including phenoxy) is 1. The maximum Gasteiger partial charge on any atom is 0.156 e. The summed E-state index contributed by atoms with van der Waals surface area (Å²) in [6.45, 7) is 5.86. The lowest BCUT2D eigenvalue weighted by Crippen LogP contribution is -2.19. The summed E-state index contributed by atoms with van der Waals surface area (Å²) in [4.78, 5) is 15.2. The van der Waals surface area contributed by atoms with Gasteiger partial charge in [-0.15, -0.1) is 0 Å². The lowest BCUT2D eigenvalue weighted by Gasteiger charge is -2.21. The van der Waals surface area contributed by atoms with Crippen molar-refractivity contribution < 1.29 is 9.13 Å². The van der Waals surface area contributed by atoms with E-state index in [-0.39, 0.29) is 5.82 Å². The number of aromatic nitrogens is 3. The van der Waals surface area contributed by atoms with Gasteiger partial charge in [0.25, 0.3) is 0 Å². The molecule has 0 radical (unpaired) electrons. The number of hydrogen-bond donors (Lipinski definition) is 1. The Morgan fingerprint density at radius 1 is 1.15 bits per heavy atom. The molecule has 0 fully saturated rings. The third-order valence-corrected chi connectivity index (χ3v) is 4.09. The molecule has 27 heavy (non-hydrogen) atoms. The maximum absolute atomic E-state index is 13.8. The van der Waals surface area contributed by atoms with Crippen LogP contribution in [-0.2, 0) is 6.54 Å². The van der Waals surface area contributed by atoms with Crippen molar-refractivity contribution in [1.82, 2.24) is 15.0 Å². The second kappa shape index (κ2) is 8.62. The minimum absolute atomic E-state index is 0.281. The molecule has 3 rings (SSSR count). The topological polar surface area (TPSA) is 63.2 Å². The van der Waals surface area contributed by atoms with Crippen molar-refractivity contribution in [2.24, 2.45) is 0 Å². The van der Waals surface area contributed by atoms with E-state index in [0.29, 0.717) is 30.2 Å². The minimum atomic E-state index is -0.281. The zero-order chi connectivity index (χ0) is 19.2. The van der Waals surface area contributed by atoms with E-state index in [1.165, 1.54) is 18.5 Å². The Bertz CT molecular complexity index is 918. The molecular weight excluding hydrogens is 345 g/mol. The minimum Gasteiger partial charge on any atom is -0.493 e. The third kappa shape index (κ3) is 4.42. The number of pyridine rings is 1. The Morgan fingerprint density at radius 2 is 2.00 bits per heavy atom. The number of hydrogen-bond acceptors (Lipinski definition) is 6. The van der Waals surface area contributed by atoms with Crippen LogP contribution in [0.3, 0.4) is 0 Å². The number of nitrogens with one attached hydrogen (secondary N) is 1. The second-order valence-corrected chi connectivity index (χ2v) is 6.25. The molecule has 2 heterocycles. The summed E-state index contributed by atoms with van der Waals surface area (Å²) in [6.07, 6.45) is 2.42. The third-order valence-electron chi connectivity index (χ3n) is 4.09. The van der Waals surface area contributed by atoms with Gasteiger partial charge < -0.3 is 15.0 Å². The molecular formula is C20H24FN5O. The Balaban J connectivity index is 1.89. The number of anilines is 2. The van der Waals surface area contributed by atoms with E-state index < -0.39 is 0 Å². The van der Waals surface area contributed by atoms with Gasteiger partial charge in [0, 0.05) is 25.7 Å². The van der Waals surface area contributed by atoms with Crippen LogP contribution in [0, 0.1) is 5.82 Å². The first-order chi connectivity index (χ1) is 13.1. The second-order valence-electron chi connectivity index (χ2n) is 6.25. The molecule has 142 valence electrons. The highest BCUT2D eigenvalue weighted by Gasteiger charge is 2.12. The normalized spacial score (nSPS) is 10.8. The quantitative estimate of drug-likeness (QED) is 0.647. The molecule has 2 aromatic heterocycles. The van der Waals surface area contributed by atoms with Gasteiger partial charge in [0.15, 0.2) is 5.82 Å². The number of nitrogens with zero attached hydrogens (tertiary/aromatic N) is 4. The average Bonchev–Trinajstić information content (AvgIpc) is 2.67. The van der Waals surface area contributed by atoms with Crippen molar-refractivity contribution in [1.29, 1.82) is 0 Å². The van der Waals surface area contributed by atoms with Crippen LogP contribution >= 0.6 is 0 Å². The van der Waals surface area contributed by atoms with Crippen molar-refractivity contribution in [2.75, 3.05) is 30.4 Å². The molecule has 0 saturated carbocycles. The molecule has 7 heteroatoms. The largest absolute Gasteiger partial charge is 0.493 e. The number of fused-ring (bicyclic) bond motifs is 1. The monoisotopic (exact) mass is 369 g/mol. The molecule has 1 aromatic carbocycles. The molecule has 1 N–H and O–H groups in total. The fourth-order valence-electron chi connectivity index (χ4n) is 2.80. The molecule has 0 atom stereocenters. The van der Waals surface area contributed by atoms with E-state index in [1.54, 1.807) is 6.07 Å². The first-order valence-corrected chi connectivity index (χ1v) is 9.10. The summed E-state index contributed by atoms with van der Waals surface area (Å²) in [5.74, 6) is 1.87. The van der Waals surface area contributed by atoms with E-state index in [9.17, 15) is 4.39 Å². The van der Waals surface area contributed by atoms with Crippen molar-refractivity contribution in [2.45, 2.75) is 26.8 Å². The van der Waals surface area contributed by atoms with Crippen LogP contribution in [0.15, 0.2) is 36.7 Å². The zero-order valence-electron chi connectivity index (χ0n) is 15.9. The van der Waals surface area contributed by atoms with Crippen molar-refractivity contribution in [3.63, 3.8) is 0 Å². The van der Waals surface area contributed by atoms with E-state index >= 15 is 0 Å². The summed E-state index contributed by atoms with van der Waals surface area (Å²) in [5, 5.41) is 3.20. The molecule has 0 bridgehead atoms. The fourth-order valence-corrected chi connectivity index (χ4v) is 2.80. The highest BCUT2D eigenvalue weighted by Crippen LogP contribution is 2.25. The Labute approximate surface area is 158 Å². The van der Waals surface area contributed by atoms with Gasteiger partial charge in [0.1, 0.15) is 29.2 Å². The van der Waals surface area contributed by atoms with Crippen LogP contribution in [0.4, 0.5) is 16.0 Å². The van der Waals surface area contributed by atoms with Crippen LogP contribution < -0.4 is 15.0 Å². The average molecular weight is 369 g/mol. The van der Waals surface area contributed by atoms with Crippen LogP contribution in [0.2, 0.25) is 0 Å². The van der Waals surface area contributed by atoms with Crippen LogP contribution in [0.1, 0.15) is 25.8 Å². The van der Waals surface area contributed by atoms with Crippen molar-refractivity contribution >= 4 is 22.7 Å². The predicted octanol–water partition coefficient (Wildman–Crippen LogP) is 4.02. The molecule has 3 aromatic rings. The SMILES string of the molecule is CCCOc1ccc(F)cc1CN(C)c1ccc2ncnc(NCC)c2n1. The predicted molar refractivity (Wildman–Crippen MR) is 106 cm³/mol. The van der Waals surface area contributed by atoms with E-state index in [4.69, 9.17) is 9.72 Å².